The van der Waals surface area contributed by atoms with E-state index in [1.165, 1.54) is 10.8 Å². The molecule has 2 N–H and O–H groups in total. The van der Waals surface area contributed by atoms with Crippen molar-refractivity contribution in [1.29, 1.82) is 0 Å². The fourth-order valence-electron chi connectivity index (χ4n) is 3.97. The summed E-state index contributed by atoms with van der Waals surface area (Å²) in [6, 6.07) is 0. The lowest BCUT2D eigenvalue weighted by Gasteiger charge is -2.42. The van der Waals surface area contributed by atoms with Gasteiger partial charge in [0.1, 0.15) is 12.2 Å². The van der Waals surface area contributed by atoms with Crippen LogP contribution in [0.2, 0.25) is 18.1 Å². The van der Waals surface area contributed by atoms with Gasteiger partial charge in [-0.2, -0.15) is 0 Å². The fourth-order valence-corrected chi connectivity index (χ4v) is 5.28. The van der Waals surface area contributed by atoms with Crippen molar-refractivity contribution in [3.63, 3.8) is 0 Å². The van der Waals surface area contributed by atoms with Gasteiger partial charge in [-0.15, -0.1) is 0 Å². The molecule has 28 heavy (non-hydrogen) atoms. The SMILES string of the molecule is Cc1cn([C@@H]2O[C@@]3(C4(O)CC4)COC2C3O[Si](C)(C)C(C)(C)C)c(=O)[nH]c1=O. The van der Waals surface area contributed by atoms with Crippen LogP contribution in [0.3, 0.4) is 0 Å². The van der Waals surface area contributed by atoms with Gasteiger partial charge >= 0.3 is 5.69 Å². The topological polar surface area (TPSA) is 103 Å². The zero-order valence-corrected chi connectivity index (χ0v) is 18.4. The quantitative estimate of drug-likeness (QED) is 0.728. The maximum absolute atomic E-state index is 12.5. The first-order valence-corrected chi connectivity index (χ1v) is 12.7. The number of aromatic amines is 1. The molecule has 2 bridgehead atoms. The number of ether oxygens (including phenoxy) is 2. The number of hydrogen-bond acceptors (Lipinski definition) is 6. The third-order valence-electron chi connectivity index (χ3n) is 7.02. The largest absolute Gasteiger partial charge is 0.408 e. The first kappa shape index (κ1) is 20.0. The van der Waals surface area contributed by atoms with E-state index in [-0.39, 0.29) is 11.6 Å². The van der Waals surface area contributed by atoms with Crippen LogP contribution in [0.25, 0.3) is 0 Å². The van der Waals surface area contributed by atoms with E-state index < -0.39 is 49.2 Å². The minimum absolute atomic E-state index is 0.0245. The highest BCUT2D eigenvalue weighted by Crippen LogP contribution is 2.60. The Morgan fingerprint density at radius 2 is 1.96 bits per heavy atom. The molecular weight excluding hydrogens is 380 g/mol. The van der Waals surface area contributed by atoms with E-state index in [1.54, 1.807) is 6.92 Å². The lowest BCUT2D eigenvalue weighted by molar-refractivity contribution is -0.218. The maximum Gasteiger partial charge on any atom is 0.330 e. The molecule has 9 heteroatoms. The Labute approximate surface area is 164 Å². The number of aromatic nitrogens is 2. The smallest absolute Gasteiger partial charge is 0.330 e. The molecule has 1 saturated carbocycles. The van der Waals surface area contributed by atoms with Crippen LogP contribution in [-0.4, -0.2) is 53.0 Å². The summed E-state index contributed by atoms with van der Waals surface area (Å²) in [5.41, 5.74) is -2.58. The maximum atomic E-state index is 12.5. The van der Waals surface area contributed by atoms with Gasteiger partial charge in [0.05, 0.1) is 12.2 Å². The highest BCUT2D eigenvalue weighted by molar-refractivity contribution is 6.74. The molecule has 3 fully saturated rings. The van der Waals surface area contributed by atoms with Gasteiger partial charge < -0.3 is 19.0 Å². The summed E-state index contributed by atoms with van der Waals surface area (Å²) in [5, 5.41) is 11.1. The molecule has 0 spiro atoms. The summed E-state index contributed by atoms with van der Waals surface area (Å²) in [5.74, 6) is 0. The Morgan fingerprint density at radius 3 is 2.54 bits per heavy atom. The average Bonchev–Trinajstić information content (AvgIpc) is 3.15. The van der Waals surface area contributed by atoms with Crippen molar-refractivity contribution >= 4 is 8.32 Å². The molecule has 2 aliphatic heterocycles. The van der Waals surface area contributed by atoms with Crippen LogP contribution >= 0.6 is 0 Å². The molecule has 2 saturated heterocycles. The summed E-state index contributed by atoms with van der Waals surface area (Å²) in [6.45, 7) is 12.6. The van der Waals surface area contributed by atoms with E-state index >= 15 is 0 Å². The Morgan fingerprint density at radius 1 is 1.32 bits per heavy atom. The highest BCUT2D eigenvalue weighted by atomic mass is 28.4. The Kier molecular flexibility index (Phi) is 4.21. The molecule has 3 aliphatic rings. The van der Waals surface area contributed by atoms with Crippen molar-refractivity contribution in [3.05, 3.63) is 32.6 Å². The Bertz CT molecular complexity index is 912. The number of aliphatic hydroxyl groups is 1. The molecule has 8 nitrogen and oxygen atoms in total. The highest BCUT2D eigenvalue weighted by Gasteiger charge is 2.75. The van der Waals surface area contributed by atoms with E-state index in [2.05, 4.69) is 38.8 Å². The summed E-state index contributed by atoms with van der Waals surface area (Å²) < 4.78 is 20.5. The molecule has 0 amide bonds. The molecular formula is C19H30N2O6Si. The van der Waals surface area contributed by atoms with E-state index in [9.17, 15) is 14.7 Å². The normalized spacial score (nSPS) is 34.0. The Balaban J connectivity index is 1.76. The number of nitrogens with zero attached hydrogens (tertiary/aromatic N) is 1. The number of rotatable bonds is 4. The predicted octanol–water partition coefficient (Wildman–Crippen LogP) is 1.43. The van der Waals surface area contributed by atoms with Gasteiger partial charge in [-0.3, -0.25) is 14.3 Å². The van der Waals surface area contributed by atoms with Crippen LogP contribution in [-0.2, 0) is 13.9 Å². The Hall–Kier alpha value is -1.26. The third-order valence-corrected chi connectivity index (χ3v) is 11.5. The van der Waals surface area contributed by atoms with E-state index in [1.807, 2.05) is 0 Å². The lowest BCUT2D eigenvalue weighted by atomic mass is 9.90. The van der Waals surface area contributed by atoms with Gasteiger partial charge in [0.25, 0.3) is 5.56 Å². The third kappa shape index (κ3) is 2.71. The molecule has 0 radical (unpaired) electrons. The summed E-state index contributed by atoms with van der Waals surface area (Å²) in [6.07, 6.45) is 0.978. The molecule has 1 aromatic rings. The van der Waals surface area contributed by atoms with Crippen molar-refractivity contribution in [2.45, 2.75) is 88.3 Å². The lowest BCUT2D eigenvalue weighted by Crippen LogP contribution is -2.57. The van der Waals surface area contributed by atoms with Crippen LogP contribution in [0.5, 0.6) is 0 Å². The molecule has 4 atom stereocenters. The van der Waals surface area contributed by atoms with Gasteiger partial charge in [0.15, 0.2) is 20.1 Å². The number of hydrogen-bond donors (Lipinski definition) is 2. The van der Waals surface area contributed by atoms with Crippen LogP contribution in [0.15, 0.2) is 15.8 Å². The number of H-pyrrole nitrogens is 1. The second-order valence-electron chi connectivity index (χ2n) is 9.98. The van der Waals surface area contributed by atoms with Crippen LogP contribution in [0.1, 0.15) is 45.4 Å². The molecule has 4 rings (SSSR count). The van der Waals surface area contributed by atoms with Gasteiger partial charge in [-0.25, -0.2) is 4.79 Å². The standard InChI is InChI=1S/C19H30N2O6Si/c1-11-9-21(16(23)20-14(11)22)15-12-13(27-28(5,6)17(2,3)4)19(26-15,10-25-12)18(24)7-8-18/h9,12-13,15,24H,7-8,10H2,1-6H3,(H,20,22,23)/t12?,13?,15-,19+/m1/s1. The van der Waals surface area contributed by atoms with Crippen LogP contribution in [0, 0.1) is 6.92 Å². The summed E-state index contributed by atoms with van der Waals surface area (Å²) in [7, 11) is -2.19. The molecule has 0 aromatic carbocycles. The first-order chi connectivity index (χ1) is 12.8. The monoisotopic (exact) mass is 410 g/mol. The van der Waals surface area contributed by atoms with Crippen LogP contribution < -0.4 is 11.2 Å². The molecule has 3 heterocycles. The molecule has 1 aromatic heterocycles. The van der Waals surface area contributed by atoms with Gasteiger partial charge in [-0.05, 0) is 37.9 Å². The second kappa shape index (κ2) is 5.88. The molecule has 2 unspecified atom stereocenters. The number of aryl methyl sites for hydroxylation is 1. The van der Waals surface area contributed by atoms with Crippen molar-refractivity contribution in [3.8, 4) is 0 Å². The van der Waals surface area contributed by atoms with E-state index in [4.69, 9.17) is 13.9 Å². The number of nitrogens with one attached hydrogen (secondary N) is 1. The van der Waals surface area contributed by atoms with Gasteiger partial charge in [-0.1, -0.05) is 20.8 Å². The van der Waals surface area contributed by atoms with Crippen molar-refractivity contribution in [2.24, 2.45) is 0 Å². The van der Waals surface area contributed by atoms with Crippen LogP contribution in [0.4, 0.5) is 0 Å². The first-order valence-electron chi connectivity index (χ1n) is 9.83. The van der Waals surface area contributed by atoms with Gasteiger partial charge in [0.2, 0.25) is 0 Å². The molecule has 156 valence electrons. The van der Waals surface area contributed by atoms with Crippen molar-refractivity contribution in [2.75, 3.05) is 6.61 Å². The zero-order valence-electron chi connectivity index (χ0n) is 17.4. The average molecular weight is 411 g/mol. The minimum atomic E-state index is -2.19. The zero-order chi connectivity index (χ0) is 20.7. The van der Waals surface area contributed by atoms with Crippen molar-refractivity contribution < 1.29 is 19.0 Å². The number of fused-ring (bicyclic) bond motifs is 2. The fraction of sp³-hybridized carbons (Fsp3) is 0.789. The van der Waals surface area contributed by atoms with E-state index in [0.717, 1.165) is 0 Å². The molecule has 1 aliphatic carbocycles. The van der Waals surface area contributed by atoms with E-state index in [0.29, 0.717) is 18.4 Å². The minimum Gasteiger partial charge on any atom is -0.408 e. The summed E-state index contributed by atoms with van der Waals surface area (Å²) >= 11 is 0. The predicted molar refractivity (Wildman–Crippen MR) is 105 cm³/mol. The van der Waals surface area contributed by atoms with Gasteiger partial charge in [0, 0.05) is 11.8 Å². The summed E-state index contributed by atoms with van der Waals surface area (Å²) in [4.78, 5) is 26.5. The van der Waals surface area contributed by atoms with Crippen molar-refractivity contribution in [1.82, 2.24) is 9.55 Å². The second-order valence-corrected chi connectivity index (χ2v) is 14.7.